The van der Waals surface area contributed by atoms with Crippen LogP contribution in [0.2, 0.25) is 0 Å². The molecule has 3 rings (SSSR count). The molecule has 29 heavy (non-hydrogen) atoms. The predicted octanol–water partition coefficient (Wildman–Crippen LogP) is 2.79. The standard InChI is InChI=1S/C19H14N4O5S/c1-2-28-17(24)11-22-15-8-7-14(23(26)27)9-16(15)29-19(22)21-18(25)13-5-3-12(10-20)4-6-13/h3-9H,2,11H2,1H3. The minimum atomic E-state index is -0.562. The summed E-state index contributed by atoms with van der Waals surface area (Å²) in [6.45, 7) is 1.69. The van der Waals surface area contributed by atoms with Gasteiger partial charge in [0.15, 0.2) is 4.80 Å². The van der Waals surface area contributed by atoms with Crippen LogP contribution in [0.15, 0.2) is 47.5 Å². The molecule has 0 fully saturated rings. The van der Waals surface area contributed by atoms with Crippen LogP contribution in [0.4, 0.5) is 5.69 Å². The molecule has 1 heterocycles. The van der Waals surface area contributed by atoms with Crippen molar-refractivity contribution in [2.24, 2.45) is 4.99 Å². The highest BCUT2D eigenvalue weighted by Gasteiger charge is 2.15. The second kappa shape index (κ2) is 8.45. The first-order chi connectivity index (χ1) is 13.9. The molecule has 0 aliphatic rings. The van der Waals surface area contributed by atoms with Gasteiger partial charge in [0.2, 0.25) is 0 Å². The van der Waals surface area contributed by atoms with Crippen LogP contribution in [0.1, 0.15) is 22.8 Å². The van der Waals surface area contributed by atoms with Crippen LogP contribution in [-0.2, 0) is 16.1 Å². The van der Waals surface area contributed by atoms with Crippen molar-refractivity contribution in [3.05, 3.63) is 68.5 Å². The fourth-order valence-corrected chi connectivity index (χ4v) is 3.65. The zero-order valence-corrected chi connectivity index (χ0v) is 16.0. The van der Waals surface area contributed by atoms with Gasteiger partial charge in [0, 0.05) is 17.7 Å². The maximum absolute atomic E-state index is 12.5. The summed E-state index contributed by atoms with van der Waals surface area (Å²) in [7, 11) is 0. The monoisotopic (exact) mass is 410 g/mol. The quantitative estimate of drug-likeness (QED) is 0.361. The number of benzene rings is 2. The molecule has 0 saturated heterocycles. The average Bonchev–Trinajstić information content (AvgIpc) is 3.04. The molecule has 0 aliphatic carbocycles. The third kappa shape index (κ3) is 4.36. The Bertz CT molecular complexity index is 1220. The van der Waals surface area contributed by atoms with Crippen LogP contribution >= 0.6 is 11.3 Å². The lowest BCUT2D eigenvalue weighted by molar-refractivity contribution is -0.384. The van der Waals surface area contributed by atoms with Crippen molar-refractivity contribution in [3.63, 3.8) is 0 Å². The van der Waals surface area contributed by atoms with Crippen LogP contribution in [0.25, 0.3) is 10.2 Å². The van der Waals surface area contributed by atoms with E-state index in [4.69, 9.17) is 10.00 Å². The number of nitrogens with zero attached hydrogens (tertiary/aromatic N) is 4. The van der Waals surface area contributed by atoms with Crippen molar-refractivity contribution in [1.82, 2.24) is 4.57 Å². The SMILES string of the molecule is CCOC(=O)Cn1c(=NC(=O)c2ccc(C#N)cc2)sc2cc([N+](=O)[O-])ccc21. The number of aromatic nitrogens is 1. The molecule has 0 saturated carbocycles. The molecular weight excluding hydrogens is 396 g/mol. The van der Waals surface area contributed by atoms with Crippen molar-refractivity contribution >= 4 is 39.1 Å². The molecule has 146 valence electrons. The van der Waals surface area contributed by atoms with Gasteiger partial charge in [-0.2, -0.15) is 10.3 Å². The predicted molar refractivity (Wildman–Crippen MR) is 104 cm³/mol. The summed E-state index contributed by atoms with van der Waals surface area (Å²) in [4.78, 5) is 39.4. The molecule has 0 bridgehead atoms. The number of thiazole rings is 1. The fourth-order valence-electron chi connectivity index (χ4n) is 2.59. The normalized spacial score (nSPS) is 11.2. The van der Waals surface area contributed by atoms with Crippen LogP contribution in [0, 0.1) is 21.4 Å². The van der Waals surface area contributed by atoms with Crippen molar-refractivity contribution in [2.75, 3.05) is 6.61 Å². The van der Waals surface area contributed by atoms with E-state index in [1.165, 1.54) is 47.0 Å². The molecular formula is C19H14N4O5S. The van der Waals surface area contributed by atoms with E-state index in [1.54, 1.807) is 6.92 Å². The van der Waals surface area contributed by atoms with E-state index in [9.17, 15) is 19.7 Å². The zero-order chi connectivity index (χ0) is 21.0. The van der Waals surface area contributed by atoms with E-state index in [0.29, 0.717) is 15.8 Å². The first-order valence-corrected chi connectivity index (χ1v) is 9.27. The number of hydrogen-bond donors (Lipinski definition) is 0. The molecule has 1 aromatic heterocycles. The third-order valence-corrected chi connectivity index (χ3v) is 4.97. The molecule has 0 radical (unpaired) electrons. The van der Waals surface area contributed by atoms with Gasteiger partial charge in [0.1, 0.15) is 6.54 Å². The number of ether oxygens (including phenoxy) is 1. The minimum Gasteiger partial charge on any atom is -0.465 e. The Labute approximate surface area is 168 Å². The number of rotatable bonds is 5. The lowest BCUT2D eigenvalue weighted by Crippen LogP contribution is -2.23. The van der Waals surface area contributed by atoms with Crippen molar-refractivity contribution in [2.45, 2.75) is 13.5 Å². The van der Waals surface area contributed by atoms with Crippen LogP contribution in [0.5, 0.6) is 0 Å². The first kappa shape index (κ1) is 19.9. The van der Waals surface area contributed by atoms with Crippen LogP contribution in [-0.4, -0.2) is 28.0 Å². The number of non-ortho nitro benzene ring substituents is 1. The second-order valence-corrected chi connectivity index (χ2v) is 6.80. The number of nitro groups is 1. The summed E-state index contributed by atoms with van der Waals surface area (Å²) in [5.74, 6) is -1.08. The van der Waals surface area contributed by atoms with E-state index < -0.39 is 16.8 Å². The van der Waals surface area contributed by atoms with E-state index in [2.05, 4.69) is 4.99 Å². The van der Waals surface area contributed by atoms with Gasteiger partial charge in [-0.25, -0.2) is 0 Å². The van der Waals surface area contributed by atoms with Gasteiger partial charge >= 0.3 is 5.97 Å². The van der Waals surface area contributed by atoms with Crippen molar-refractivity contribution in [1.29, 1.82) is 5.26 Å². The first-order valence-electron chi connectivity index (χ1n) is 8.45. The summed E-state index contributed by atoms with van der Waals surface area (Å²) in [5.41, 5.74) is 1.11. The molecule has 0 atom stereocenters. The van der Waals surface area contributed by atoms with Crippen LogP contribution < -0.4 is 4.80 Å². The Morgan fingerprint density at radius 1 is 1.28 bits per heavy atom. The summed E-state index contributed by atoms with van der Waals surface area (Å²) < 4.78 is 6.97. The molecule has 10 heteroatoms. The largest absolute Gasteiger partial charge is 0.465 e. The number of nitriles is 1. The van der Waals surface area contributed by atoms with Gasteiger partial charge < -0.3 is 9.30 Å². The van der Waals surface area contributed by atoms with Crippen LogP contribution in [0.3, 0.4) is 0 Å². The van der Waals surface area contributed by atoms with Gasteiger partial charge in [0.05, 0.1) is 33.4 Å². The Morgan fingerprint density at radius 3 is 2.62 bits per heavy atom. The maximum atomic E-state index is 12.5. The lowest BCUT2D eigenvalue weighted by atomic mass is 10.1. The summed E-state index contributed by atoms with van der Waals surface area (Å²) in [5, 5.41) is 19.9. The fraction of sp³-hybridized carbons (Fsp3) is 0.158. The highest BCUT2D eigenvalue weighted by molar-refractivity contribution is 7.16. The number of nitro benzene ring substituents is 1. The van der Waals surface area contributed by atoms with Gasteiger partial charge in [-0.3, -0.25) is 19.7 Å². The Morgan fingerprint density at radius 2 is 2.00 bits per heavy atom. The molecule has 9 nitrogen and oxygen atoms in total. The maximum Gasteiger partial charge on any atom is 0.326 e. The van der Waals surface area contributed by atoms with Gasteiger partial charge in [-0.05, 0) is 37.3 Å². The molecule has 1 amide bonds. The molecule has 0 spiro atoms. The topological polar surface area (TPSA) is 128 Å². The molecule has 0 N–H and O–H groups in total. The summed E-state index contributed by atoms with van der Waals surface area (Å²) >= 11 is 1.06. The number of fused-ring (bicyclic) bond motifs is 1. The van der Waals surface area contributed by atoms with E-state index >= 15 is 0 Å². The minimum absolute atomic E-state index is 0.105. The molecule has 0 unspecified atom stereocenters. The third-order valence-electron chi connectivity index (χ3n) is 3.93. The molecule has 2 aromatic carbocycles. The van der Waals surface area contributed by atoms with Crippen molar-refractivity contribution < 1.29 is 19.2 Å². The number of carbonyl (C=O) groups is 2. The number of hydrogen-bond acceptors (Lipinski definition) is 7. The van der Waals surface area contributed by atoms with Gasteiger partial charge in [-0.15, -0.1) is 0 Å². The summed E-state index contributed by atoms with van der Waals surface area (Å²) in [6.07, 6.45) is 0. The molecule has 0 aliphatic heterocycles. The van der Waals surface area contributed by atoms with Crippen molar-refractivity contribution in [3.8, 4) is 6.07 Å². The number of esters is 1. The lowest BCUT2D eigenvalue weighted by Gasteiger charge is -2.05. The summed E-state index contributed by atoms with van der Waals surface area (Å²) in [6, 6.07) is 12.1. The molecule has 3 aromatic rings. The average molecular weight is 410 g/mol. The highest BCUT2D eigenvalue weighted by Crippen LogP contribution is 2.23. The Balaban J connectivity index is 2.11. The Hall–Kier alpha value is -3.84. The number of carbonyl (C=O) groups excluding carboxylic acids is 2. The van der Waals surface area contributed by atoms with E-state index in [1.807, 2.05) is 6.07 Å². The smallest absolute Gasteiger partial charge is 0.326 e. The second-order valence-electron chi connectivity index (χ2n) is 5.79. The Kier molecular flexibility index (Phi) is 5.80. The number of amides is 1. The van der Waals surface area contributed by atoms with Gasteiger partial charge in [-0.1, -0.05) is 11.3 Å². The van der Waals surface area contributed by atoms with E-state index in [0.717, 1.165) is 11.3 Å². The zero-order valence-electron chi connectivity index (χ0n) is 15.2. The van der Waals surface area contributed by atoms with Gasteiger partial charge in [0.25, 0.3) is 11.6 Å². The van der Waals surface area contributed by atoms with E-state index in [-0.39, 0.29) is 29.2 Å². The highest BCUT2D eigenvalue weighted by atomic mass is 32.1.